The van der Waals surface area contributed by atoms with E-state index in [1.54, 1.807) is 7.11 Å². The van der Waals surface area contributed by atoms with E-state index < -0.39 is 0 Å². The standard InChI is InChI=1S/C22H25N3O2/c1-4-16(15-11-7-6-8-12-15)22(26)23-21-18(5-2)24-25-20(21)17-13-9-10-14-19(17)27-3/h6-14,16H,4-5H2,1-3H3,(H,23,26)(H,24,25). The monoisotopic (exact) mass is 363 g/mol. The normalized spacial score (nSPS) is 11.8. The fourth-order valence-electron chi connectivity index (χ4n) is 3.27. The van der Waals surface area contributed by atoms with E-state index in [2.05, 4.69) is 15.5 Å². The quantitative estimate of drug-likeness (QED) is 0.635. The van der Waals surface area contributed by atoms with Gasteiger partial charge in [-0.2, -0.15) is 5.10 Å². The molecule has 0 spiro atoms. The minimum Gasteiger partial charge on any atom is -0.496 e. The number of aromatic amines is 1. The van der Waals surface area contributed by atoms with E-state index in [0.29, 0.717) is 5.69 Å². The van der Waals surface area contributed by atoms with E-state index in [1.165, 1.54) is 0 Å². The summed E-state index contributed by atoms with van der Waals surface area (Å²) in [4.78, 5) is 13.1. The second-order valence-electron chi connectivity index (χ2n) is 6.34. The molecule has 1 amide bonds. The Balaban J connectivity index is 1.97. The van der Waals surface area contributed by atoms with Gasteiger partial charge in [-0.1, -0.05) is 56.3 Å². The van der Waals surface area contributed by atoms with Crippen molar-refractivity contribution in [2.45, 2.75) is 32.6 Å². The van der Waals surface area contributed by atoms with Crippen molar-refractivity contribution < 1.29 is 9.53 Å². The number of para-hydroxylation sites is 1. The zero-order valence-electron chi connectivity index (χ0n) is 16.0. The highest BCUT2D eigenvalue weighted by molar-refractivity contribution is 5.99. The number of amides is 1. The predicted molar refractivity (Wildman–Crippen MR) is 108 cm³/mol. The van der Waals surface area contributed by atoms with Crippen molar-refractivity contribution >= 4 is 11.6 Å². The number of carbonyl (C=O) groups excluding carboxylic acids is 1. The van der Waals surface area contributed by atoms with Crippen LogP contribution in [-0.4, -0.2) is 23.2 Å². The van der Waals surface area contributed by atoms with Gasteiger partial charge in [0.1, 0.15) is 11.4 Å². The summed E-state index contributed by atoms with van der Waals surface area (Å²) >= 11 is 0. The molecule has 1 heterocycles. The first-order valence-electron chi connectivity index (χ1n) is 9.26. The molecule has 1 aromatic heterocycles. The molecule has 0 aliphatic rings. The third-order valence-electron chi connectivity index (χ3n) is 4.73. The van der Waals surface area contributed by atoms with Crippen LogP contribution in [0.2, 0.25) is 0 Å². The number of aryl methyl sites for hydroxylation is 1. The maximum atomic E-state index is 13.1. The fraction of sp³-hybridized carbons (Fsp3) is 0.273. The predicted octanol–water partition coefficient (Wildman–Crippen LogP) is 4.78. The summed E-state index contributed by atoms with van der Waals surface area (Å²) in [5.74, 6) is 0.476. The second kappa shape index (κ2) is 8.54. The van der Waals surface area contributed by atoms with Crippen LogP contribution in [0.3, 0.4) is 0 Å². The van der Waals surface area contributed by atoms with Crippen molar-refractivity contribution in [3.63, 3.8) is 0 Å². The number of benzene rings is 2. The van der Waals surface area contributed by atoms with Crippen molar-refractivity contribution in [2.75, 3.05) is 12.4 Å². The van der Waals surface area contributed by atoms with Gasteiger partial charge in [-0.15, -0.1) is 0 Å². The van der Waals surface area contributed by atoms with Gasteiger partial charge in [-0.05, 0) is 30.5 Å². The smallest absolute Gasteiger partial charge is 0.232 e. The van der Waals surface area contributed by atoms with Gasteiger partial charge < -0.3 is 10.1 Å². The lowest BCUT2D eigenvalue weighted by Crippen LogP contribution is -2.21. The molecule has 2 N–H and O–H groups in total. The maximum Gasteiger partial charge on any atom is 0.232 e. The zero-order chi connectivity index (χ0) is 19.2. The molecule has 1 unspecified atom stereocenters. The molecule has 0 fully saturated rings. The SMILES string of the molecule is CCc1[nH]nc(-c2ccccc2OC)c1NC(=O)C(CC)c1ccccc1. The molecular weight excluding hydrogens is 338 g/mol. The van der Waals surface area contributed by atoms with Crippen LogP contribution >= 0.6 is 0 Å². The second-order valence-corrected chi connectivity index (χ2v) is 6.34. The Bertz CT molecular complexity index is 903. The summed E-state index contributed by atoms with van der Waals surface area (Å²) in [6, 6.07) is 17.5. The van der Waals surface area contributed by atoms with E-state index in [4.69, 9.17) is 4.74 Å². The van der Waals surface area contributed by atoms with E-state index in [9.17, 15) is 4.79 Å². The van der Waals surface area contributed by atoms with Crippen LogP contribution in [-0.2, 0) is 11.2 Å². The molecule has 5 heteroatoms. The first kappa shape index (κ1) is 18.7. The van der Waals surface area contributed by atoms with Crippen LogP contribution in [0.1, 0.15) is 37.4 Å². The van der Waals surface area contributed by atoms with Gasteiger partial charge in [0.15, 0.2) is 0 Å². The molecule has 2 aromatic carbocycles. The molecule has 0 bridgehead atoms. The Morgan fingerprint density at radius 1 is 1.11 bits per heavy atom. The molecule has 3 aromatic rings. The Morgan fingerprint density at radius 2 is 1.81 bits per heavy atom. The van der Waals surface area contributed by atoms with Crippen LogP contribution in [0.25, 0.3) is 11.3 Å². The lowest BCUT2D eigenvalue weighted by atomic mass is 9.95. The lowest BCUT2D eigenvalue weighted by Gasteiger charge is -2.16. The Kier molecular flexibility index (Phi) is 5.91. The highest BCUT2D eigenvalue weighted by Crippen LogP contribution is 2.36. The van der Waals surface area contributed by atoms with Gasteiger partial charge >= 0.3 is 0 Å². The average Bonchev–Trinajstić information content (AvgIpc) is 3.11. The highest BCUT2D eigenvalue weighted by atomic mass is 16.5. The number of methoxy groups -OCH3 is 1. The van der Waals surface area contributed by atoms with Gasteiger partial charge in [-0.3, -0.25) is 9.89 Å². The number of hydrogen-bond donors (Lipinski definition) is 2. The van der Waals surface area contributed by atoms with E-state index in [-0.39, 0.29) is 11.8 Å². The number of nitrogens with one attached hydrogen (secondary N) is 2. The first-order chi connectivity index (χ1) is 13.2. The summed E-state index contributed by atoms with van der Waals surface area (Å²) < 4.78 is 5.47. The first-order valence-corrected chi connectivity index (χ1v) is 9.26. The Hall–Kier alpha value is -3.08. The summed E-state index contributed by atoms with van der Waals surface area (Å²) in [5.41, 5.74) is 4.17. The van der Waals surface area contributed by atoms with Gasteiger partial charge in [0.2, 0.25) is 5.91 Å². The Labute approximate surface area is 159 Å². The number of carbonyl (C=O) groups is 1. The topological polar surface area (TPSA) is 67.0 Å². The summed E-state index contributed by atoms with van der Waals surface area (Å²) in [6.07, 6.45) is 1.46. The fourth-order valence-corrected chi connectivity index (χ4v) is 3.27. The number of H-pyrrole nitrogens is 1. The van der Waals surface area contributed by atoms with Crippen LogP contribution in [0.4, 0.5) is 5.69 Å². The largest absolute Gasteiger partial charge is 0.496 e. The number of aromatic nitrogens is 2. The molecular formula is C22H25N3O2. The highest BCUT2D eigenvalue weighted by Gasteiger charge is 2.23. The third kappa shape index (κ3) is 3.87. The van der Waals surface area contributed by atoms with Gasteiger partial charge in [0.05, 0.1) is 24.4 Å². The van der Waals surface area contributed by atoms with Crippen molar-refractivity contribution in [1.29, 1.82) is 0 Å². The van der Waals surface area contributed by atoms with Crippen LogP contribution < -0.4 is 10.1 Å². The number of nitrogens with zero attached hydrogens (tertiary/aromatic N) is 1. The molecule has 0 aliphatic heterocycles. The molecule has 1 atom stereocenters. The molecule has 0 radical (unpaired) electrons. The minimum absolute atomic E-state index is 0.0315. The van der Waals surface area contributed by atoms with E-state index in [1.807, 2.05) is 68.4 Å². The molecule has 140 valence electrons. The van der Waals surface area contributed by atoms with Crippen molar-refractivity contribution in [3.05, 3.63) is 65.9 Å². The number of ether oxygens (including phenoxy) is 1. The minimum atomic E-state index is -0.212. The van der Waals surface area contributed by atoms with Crippen LogP contribution in [0, 0.1) is 0 Å². The molecule has 5 nitrogen and oxygen atoms in total. The molecule has 0 saturated carbocycles. The zero-order valence-corrected chi connectivity index (χ0v) is 16.0. The van der Waals surface area contributed by atoms with Crippen LogP contribution in [0.15, 0.2) is 54.6 Å². The third-order valence-corrected chi connectivity index (χ3v) is 4.73. The number of hydrogen-bond acceptors (Lipinski definition) is 3. The molecule has 3 rings (SSSR count). The summed E-state index contributed by atoms with van der Waals surface area (Å²) in [5, 5.41) is 10.6. The number of rotatable bonds is 7. The number of anilines is 1. The van der Waals surface area contributed by atoms with Crippen molar-refractivity contribution in [2.24, 2.45) is 0 Å². The van der Waals surface area contributed by atoms with Gasteiger partial charge in [0.25, 0.3) is 0 Å². The van der Waals surface area contributed by atoms with E-state index >= 15 is 0 Å². The maximum absolute atomic E-state index is 13.1. The van der Waals surface area contributed by atoms with E-state index in [0.717, 1.165) is 41.1 Å². The summed E-state index contributed by atoms with van der Waals surface area (Å²) in [7, 11) is 1.63. The van der Waals surface area contributed by atoms with Gasteiger partial charge in [-0.25, -0.2) is 0 Å². The van der Waals surface area contributed by atoms with Gasteiger partial charge in [0, 0.05) is 5.56 Å². The average molecular weight is 363 g/mol. The lowest BCUT2D eigenvalue weighted by molar-refractivity contribution is -0.117. The molecule has 0 saturated heterocycles. The molecule has 0 aliphatic carbocycles. The van der Waals surface area contributed by atoms with Crippen LogP contribution in [0.5, 0.6) is 5.75 Å². The van der Waals surface area contributed by atoms with Crippen molar-refractivity contribution in [1.82, 2.24) is 10.2 Å². The van der Waals surface area contributed by atoms with Crippen molar-refractivity contribution in [3.8, 4) is 17.0 Å². The Morgan fingerprint density at radius 3 is 2.48 bits per heavy atom. The summed E-state index contributed by atoms with van der Waals surface area (Å²) in [6.45, 7) is 4.05. The molecule has 27 heavy (non-hydrogen) atoms.